The van der Waals surface area contributed by atoms with Gasteiger partial charge >= 0.3 is 7.12 Å². The van der Waals surface area contributed by atoms with Gasteiger partial charge in [0, 0.05) is 6.61 Å². The molecule has 0 spiro atoms. The molecule has 0 saturated carbocycles. The Balaban J connectivity index is 2.51. The van der Waals surface area contributed by atoms with Crippen LogP contribution in [0, 0.1) is 5.92 Å². The molecule has 0 amide bonds. The molecule has 1 fully saturated rings. The largest absolute Gasteiger partial charge is 0.460 e. The highest BCUT2D eigenvalue weighted by Crippen LogP contribution is 2.41. The van der Waals surface area contributed by atoms with E-state index in [1.807, 2.05) is 0 Å². The molecule has 1 heterocycles. The fourth-order valence-corrected chi connectivity index (χ4v) is 3.64. The summed E-state index contributed by atoms with van der Waals surface area (Å²) in [5.41, 5.74) is -0.486. The molecule has 1 rings (SSSR count). The van der Waals surface area contributed by atoms with E-state index in [4.69, 9.17) is 13.7 Å². The highest BCUT2D eigenvalue weighted by molar-refractivity contribution is 6.74. The summed E-state index contributed by atoms with van der Waals surface area (Å²) in [6.07, 6.45) is 1.06. The lowest BCUT2D eigenvalue weighted by Gasteiger charge is -2.37. The van der Waals surface area contributed by atoms with E-state index in [-0.39, 0.29) is 23.4 Å². The van der Waals surface area contributed by atoms with Gasteiger partial charge in [-0.1, -0.05) is 34.6 Å². The lowest BCUT2D eigenvalue weighted by molar-refractivity contribution is 0.00578. The minimum atomic E-state index is -1.66. The summed E-state index contributed by atoms with van der Waals surface area (Å²) < 4.78 is 18.7. The monoisotopic (exact) mass is 342 g/mol. The molecular formula is C18H39BO3Si. The van der Waals surface area contributed by atoms with Crippen LogP contribution in [0.2, 0.25) is 23.9 Å². The van der Waals surface area contributed by atoms with Crippen LogP contribution in [0.25, 0.3) is 0 Å². The molecule has 1 saturated heterocycles. The molecule has 0 N–H and O–H groups in total. The molecule has 3 nitrogen and oxygen atoms in total. The van der Waals surface area contributed by atoms with Gasteiger partial charge < -0.3 is 13.7 Å². The van der Waals surface area contributed by atoms with Crippen LogP contribution in [0.4, 0.5) is 0 Å². The summed E-state index contributed by atoms with van der Waals surface area (Å²) in [5.74, 6) is 0.882. The Hall–Kier alpha value is 0.162. The lowest BCUT2D eigenvalue weighted by Crippen LogP contribution is -2.42. The predicted molar refractivity (Wildman–Crippen MR) is 102 cm³/mol. The van der Waals surface area contributed by atoms with E-state index in [1.54, 1.807) is 0 Å². The molecule has 2 atom stereocenters. The Morgan fingerprint density at radius 1 is 1.00 bits per heavy atom. The Morgan fingerprint density at radius 2 is 1.43 bits per heavy atom. The first kappa shape index (κ1) is 21.2. The zero-order valence-electron chi connectivity index (χ0n) is 17.4. The van der Waals surface area contributed by atoms with Crippen LogP contribution in [0.5, 0.6) is 0 Å². The molecule has 0 aromatic heterocycles. The van der Waals surface area contributed by atoms with Crippen LogP contribution >= 0.6 is 0 Å². The molecule has 0 aromatic rings. The van der Waals surface area contributed by atoms with Crippen molar-refractivity contribution in [1.29, 1.82) is 0 Å². The number of rotatable bonds is 6. The van der Waals surface area contributed by atoms with Gasteiger partial charge in [0.25, 0.3) is 0 Å². The molecular weight excluding hydrogens is 303 g/mol. The molecule has 5 heteroatoms. The van der Waals surface area contributed by atoms with E-state index in [0.717, 1.165) is 13.0 Å². The summed E-state index contributed by atoms with van der Waals surface area (Å²) in [6, 6.07) is 0. The van der Waals surface area contributed by atoms with Crippen molar-refractivity contribution in [2.75, 3.05) is 6.61 Å². The third-order valence-corrected chi connectivity index (χ3v) is 10.5. The van der Waals surface area contributed by atoms with E-state index in [9.17, 15) is 0 Å². The van der Waals surface area contributed by atoms with Crippen molar-refractivity contribution in [1.82, 2.24) is 0 Å². The summed E-state index contributed by atoms with van der Waals surface area (Å²) in [6.45, 7) is 25.3. The van der Waals surface area contributed by atoms with Gasteiger partial charge in [-0.15, -0.1) is 0 Å². The molecule has 0 bridgehead atoms. The smallest absolute Gasteiger partial charge is 0.417 e. The van der Waals surface area contributed by atoms with Crippen LogP contribution in [0.1, 0.15) is 68.7 Å². The third kappa shape index (κ3) is 5.07. The summed E-state index contributed by atoms with van der Waals surface area (Å²) >= 11 is 0. The van der Waals surface area contributed by atoms with Crippen molar-refractivity contribution in [2.24, 2.45) is 5.92 Å². The highest BCUT2D eigenvalue weighted by Gasteiger charge is 2.52. The van der Waals surface area contributed by atoms with E-state index in [1.165, 1.54) is 0 Å². The van der Waals surface area contributed by atoms with Crippen LogP contribution in [0.3, 0.4) is 0 Å². The first-order chi connectivity index (χ1) is 10.1. The van der Waals surface area contributed by atoms with E-state index in [0.29, 0.717) is 11.7 Å². The maximum absolute atomic E-state index is 6.36. The van der Waals surface area contributed by atoms with E-state index >= 15 is 0 Å². The molecule has 1 aliphatic heterocycles. The van der Waals surface area contributed by atoms with Gasteiger partial charge in [-0.3, -0.25) is 0 Å². The Morgan fingerprint density at radius 3 is 1.83 bits per heavy atom. The molecule has 136 valence electrons. The van der Waals surface area contributed by atoms with Gasteiger partial charge in [0.15, 0.2) is 8.32 Å². The molecule has 23 heavy (non-hydrogen) atoms. The average molecular weight is 342 g/mol. The molecule has 1 aliphatic rings. The fourth-order valence-electron chi connectivity index (χ4n) is 2.50. The van der Waals surface area contributed by atoms with Crippen molar-refractivity contribution < 1.29 is 13.7 Å². The first-order valence-electron chi connectivity index (χ1n) is 9.09. The van der Waals surface area contributed by atoms with Gasteiger partial charge in [0.05, 0.1) is 11.2 Å². The van der Waals surface area contributed by atoms with Crippen LogP contribution in [-0.4, -0.2) is 33.2 Å². The second-order valence-corrected chi connectivity index (χ2v) is 14.8. The van der Waals surface area contributed by atoms with Crippen LogP contribution < -0.4 is 0 Å². The predicted octanol–water partition coefficient (Wildman–Crippen LogP) is 5.52. The summed E-state index contributed by atoms with van der Waals surface area (Å²) in [5, 5.41) is 0.268. The van der Waals surface area contributed by atoms with Crippen molar-refractivity contribution in [3.8, 4) is 0 Å². The zero-order chi connectivity index (χ0) is 18.3. The van der Waals surface area contributed by atoms with Crippen molar-refractivity contribution >= 4 is 15.4 Å². The second kappa shape index (κ2) is 6.81. The van der Waals surface area contributed by atoms with E-state index in [2.05, 4.69) is 75.4 Å². The van der Waals surface area contributed by atoms with E-state index < -0.39 is 8.32 Å². The molecule has 1 unspecified atom stereocenters. The Labute approximate surface area is 146 Å². The molecule has 0 radical (unpaired) electrons. The lowest BCUT2D eigenvalue weighted by atomic mass is 9.69. The third-order valence-electron chi connectivity index (χ3n) is 6.05. The standard InChI is InChI=1S/C18H39BO3Si/c1-14(13-20-23(10,11)16(3,4)5)12-15(2)19-21-17(6,7)18(8,9)22-19/h14-15H,12-13H2,1-11H3/t14-,15?/m0/s1. The van der Waals surface area contributed by atoms with Crippen molar-refractivity contribution in [2.45, 2.75) is 104 Å². The van der Waals surface area contributed by atoms with Crippen molar-refractivity contribution in [3.63, 3.8) is 0 Å². The second-order valence-electron chi connectivity index (χ2n) is 10.0. The van der Waals surface area contributed by atoms with Gasteiger partial charge in [-0.25, -0.2) is 0 Å². The zero-order valence-corrected chi connectivity index (χ0v) is 18.4. The van der Waals surface area contributed by atoms with Crippen molar-refractivity contribution in [3.05, 3.63) is 0 Å². The van der Waals surface area contributed by atoms with Gasteiger partial charge in [-0.2, -0.15) is 0 Å². The summed E-state index contributed by atoms with van der Waals surface area (Å²) in [4.78, 5) is 0. The quantitative estimate of drug-likeness (QED) is 0.595. The fraction of sp³-hybridized carbons (Fsp3) is 1.00. The van der Waals surface area contributed by atoms with Gasteiger partial charge in [-0.05, 0) is 64.0 Å². The topological polar surface area (TPSA) is 27.7 Å². The SMILES string of the molecule is CC(C[C@H](C)CO[Si](C)(C)C(C)(C)C)B1OC(C)(C)C(C)(C)O1. The average Bonchev–Trinajstić information content (AvgIpc) is 2.55. The highest BCUT2D eigenvalue weighted by atomic mass is 28.4. The van der Waals surface area contributed by atoms with Gasteiger partial charge in [0.2, 0.25) is 0 Å². The minimum Gasteiger partial charge on any atom is -0.417 e. The maximum Gasteiger partial charge on any atom is 0.460 e. The first-order valence-corrected chi connectivity index (χ1v) is 12.0. The normalized spacial score (nSPS) is 23.9. The Kier molecular flexibility index (Phi) is 6.28. The minimum absolute atomic E-state index is 0.115. The van der Waals surface area contributed by atoms with Crippen LogP contribution in [-0.2, 0) is 13.7 Å². The number of hydrogen-bond donors (Lipinski definition) is 0. The molecule has 0 aliphatic carbocycles. The molecule has 0 aromatic carbocycles. The number of hydrogen-bond acceptors (Lipinski definition) is 3. The maximum atomic E-state index is 6.36. The Bertz CT molecular complexity index is 386. The van der Waals surface area contributed by atoms with Crippen LogP contribution in [0.15, 0.2) is 0 Å². The summed E-state index contributed by atoms with van der Waals surface area (Å²) in [7, 11) is -1.77. The van der Waals surface area contributed by atoms with Gasteiger partial charge in [0.1, 0.15) is 0 Å².